The van der Waals surface area contributed by atoms with Crippen LogP contribution in [-0.4, -0.2) is 23.7 Å². The number of amides is 1. The monoisotopic (exact) mass is 289 g/mol. The number of hydrogen-bond donors (Lipinski definition) is 2. The van der Waals surface area contributed by atoms with Crippen LogP contribution in [0.25, 0.3) is 0 Å². The summed E-state index contributed by atoms with van der Waals surface area (Å²) in [5.74, 6) is -2.51. The molecule has 2 unspecified atom stereocenters. The van der Waals surface area contributed by atoms with Crippen molar-refractivity contribution in [3.05, 3.63) is 34.4 Å². The molecule has 104 valence electrons. The molecular formula is C13H14ClF2NO2. The number of aliphatic hydroxyl groups excluding tert-OH is 1. The van der Waals surface area contributed by atoms with E-state index in [4.69, 9.17) is 11.6 Å². The molecule has 1 aliphatic carbocycles. The maximum atomic E-state index is 13.1. The molecule has 19 heavy (non-hydrogen) atoms. The van der Waals surface area contributed by atoms with E-state index in [1.807, 2.05) is 0 Å². The molecule has 0 aliphatic heterocycles. The molecule has 0 radical (unpaired) electrons. The summed E-state index contributed by atoms with van der Waals surface area (Å²) in [5.41, 5.74) is -0.0842. The second-order valence-electron chi connectivity index (χ2n) is 4.79. The Labute approximate surface area is 114 Å². The number of halogens is 3. The van der Waals surface area contributed by atoms with Gasteiger partial charge in [-0.1, -0.05) is 11.6 Å². The van der Waals surface area contributed by atoms with E-state index in [9.17, 15) is 18.7 Å². The maximum Gasteiger partial charge on any atom is 0.252 e. The number of carbonyl (C=O) groups excluding carboxylic acids is 1. The molecule has 2 rings (SSSR count). The average Bonchev–Trinajstić information content (AvgIpc) is 2.77. The number of rotatable bonds is 3. The molecule has 0 aromatic heterocycles. The van der Waals surface area contributed by atoms with Gasteiger partial charge in [-0.15, -0.1) is 0 Å². The summed E-state index contributed by atoms with van der Waals surface area (Å²) >= 11 is 5.71. The first-order chi connectivity index (χ1) is 8.97. The van der Waals surface area contributed by atoms with Gasteiger partial charge in [0.25, 0.3) is 5.91 Å². The molecule has 2 N–H and O–H groups in total. The first-order valence-electron chi connectivity index (χ1n) is 6.08. The van der Waals surface area contributed by atoms with Gasteiger partial charge in [0, 0.05) is 6.54 Å². The topological polar surface area (TPSA) is 49.3 Å². The van der Waals surface area contributed by atoms with Crippen LogP contribution in [0.2, 0.25) is 5.02 Å². The van der Waals surface area contributed by atoms with Gasteiger partial charge >= 0.3 is 0 Å². The molecule has 1 fully saturated rings. The molecule has 1 aliphatic rings. The lowest BCUT2D eigenvalue weighted by atomic mass is 10.1. The van der Waals surface area contributed by atoms with E-state index in [0.29, 0.717) is 13.0 Å². The summed E-state index contributed by atoms with van der Waals surface area (Å²) < 4.78 is 25.9. The predicted molar refractivity (Wildman–Crippen MR) is 67.0 cm³/mol. The zero-order chi connectivity index (χ0) is 14.0. The number of aliphatic hydroxyl groups is 1. The van der Waals surface area contributed by atoms with E-state index < -0.39 is 17.5 Å². The SMILES string of the molecule is O=C(NCC1CCC(O)C1)c1cc(F)c(F)cc1Cl. The second kappa shape index (κ2) is 5.84. The normalized spacial score (nSPS) is 22.5. The van der Waals surface area contributed by atoms with E-state index in [-0.39, 0.29) is 22.6 Å². The molecule has 1 saturated carbocycles. The zero-order valence-electron chi connectivity index (χ0n) is 10.1. The molecule has 0 saturated heterocycles. The third-order valence-electron chi connectivity index (χ3n) is 3.32. The Morgan fingerprint density at radius 1 is 1.37 bits per heavy atom. The number of hydrogen-bond acceptors (Lipinski definition) is 2. The molecular weight excluding hydrogens is 276 g/mol. The van der Waals surface area contributed by atoms with Crippen LogP contribution in [0.3, 0.4) is 0 Å². The second-order valence-corrected chi connectivity index (χ2v) is 5.20. The fourth-order valence-corrected chi connectivity index (χ4v) is 2.50. The third-order valence-corrected chi connectivity index (χ3v) is 3.63. The Morgan fingerprint density at radius 2 is 2.05 bits per heavy atom. The molecule has 0 bridgehead atoms. The van der Waals surface area contributed by atoms with Crippen LogP contribution in [0.1, 0.15) is 29.6 Å². The van der Waals surface area contributed by atoms with Crippen LogP contribution < -0.4 is 5.32 Å². The van der Waals surface area contributed by atoms with Crippen LogP contribution in [0.5, 0.6) is 0 Å². The van der Waals surface area contributed by atoms with Gasteiger partial charge in [0.05, 0.1) is 16.7 Å². The van der Waals surface area contributed by atoms with Crippen LogP contribution in [0.15, 0.2) is 12.1 Å². The molecule has 6 heteroatoms. The van der Waals surface area contributed by atoms with Crippen molar-refractivity contribution < 1.29 is 18.7 Å². The van der Waals surface area contributed by atoms with Crippen molar-refractivity contribution in [1.29, 1.82) is 0 Å². The van der Waals surface area contributed by atoms with Crippen molar-refractivity contribution in [2.45, 2.75) is 25.4 Å². The fraction of sp³-hybridized carbons (Fsp3) is 0.462. The summed E-state index contributed by atoms with van der Waals surface area (Å²) in [5, 5.41) is 11.9. The fourth-order valence-electron chi connectivity index (χ4n) is 2.26. The van der Waals surface area contributed by atoms with Crippen molar-refractivity contribution in [1.82, 2.24) is 5.32 Å². The van der Waals surface area contributed by atoms with Crippen molar-refractivity contribution in [3.63, 3.8) is 0 Å². The van der Waals surface area contributed by atoms with Gasteiger partial charge in [-0.25, -0.2) is 8.78 Å². The standard InChI is InChI=1S/C13H14ClF2NO2/c14-10-5-12(16)11(15)4-9(10)13(19)17-6-7-1-2-8(18)3-7/h4-5,7-8,18H,1-3,6H2,(H,17,19). The first kappa shape index (κ1) is 14.2. The molecule has 0 heterocycles. The van der Waals surface area contributed by atoms with E-state index in [1.165, 1.54) is 0 Å². The van der Waals surface area contributed by atoms with Crippen molar-refractivity contribution >= 4 is 17.5 Å². The van der Waals surface area contributed by atoms with Crippen molar-refractivity contribution in [2.24, 2.45) is 5.92 Å². The molecule has 1 aromatic carbocycles. The van der Waals surface area contributed by atoms with Gasteiger partial charge in [-0.3, -0.25) is 4.79 Å². The molecule has 1 aromatic rings. The highest BCUT2D eigenvalue weighted by molar-refractivity contribution is 6.33. The Balaban J connectivity index is 1.98. The number of carbonyl (C=O) groups is 1. The molecule has 2 atom stereocenters. The summed E-state index contributed by atoms with van der Waals surface area (Å²) in [6, 6.07) is 1.57. The van der Waals surface area contributed by atoms with Gasteiger partial charge in [0.1, 0.15) is 0 Å². The summed E-state index contributed by atoms with van der Waals surface area (Å²) in [6.07, 6.45) is 1.90. The van der Waals surface area contributed by atoms with Crippen LogP contribution in [-0.2, 0) is 0 Å². The van der Waals surface area contributed by atoms with Gasteiger partial charge in [-0.2, -0.15) is 0 Å². The molecule has 0 spiro atoms. The van der Waals surface area contributed by atoms with E-state index in [2.05, 4.69) is 5.32 Å². The number of benzene rings is 1. The van der Waals surface area contributed by atoms with E-state index >= 15 is 0 Å². The highest BCUT2D eigenvalue weighted by Crippen LogP contribution is 2.25. The highest BCUT2D eigenvalue weighted by Gasteiger charge is 2.23. The summed E-state index contributed by atoms with van der Waals surface area (Å²) in [7, 11) is 0. The summed E-state index contributed by atoms with van der Waals surface area (Å²) in [6.45, 7) is 0.394. The maximum absolute atomic E-state index is 13.1. The number of nitrogens with one attached hydrogen (secondary N) is 1. The minimum atomic E-state index is -1.11. The average molecular weight is 290 g/mol. The Morgan fingerprint density at radius 3 is 2.68 bits per heavy atom. The summed E-state index contributed by atoms with van der Waals surface area (Å²) in [4.78, 5) is 11.8. The minimum Gasteiger partial charge on any atom is -0.393 e. The van der Waals surface area contributed by atoms with E-state index in [1.54, 1.807) is 0 Å². The predicted octanol–water partition coefficient (Wildman–Crippen LogP) is 2.51. The zero-order valence-corrected chi connectivity index (χ0v) is 10.9. The minimum absolute atomic E-state index is 0.0842. The van der Waals surface area contributed by atoms with Gasteiger partial charge in [0.15, 0.2) is 11.6 Å². The van der Waals surface area contributed by atoms with Crippen molar-refractivity contribution in [2.75, 3.05) is 6.54 Å². The van der Waals surface area contributed by atoms with Gasteiger partial charge in [-0.05, 0) is 37.3 Å². The van der Waals surface area contributed by atoms with Crippen LogP contribution in [0.4, 0.5) is 8.78 Å². The van der Waals surface area contributed by atoms with Crippen LogP contribution in [0, 0.1) is 17.6 Å². The van der Waals surface area contributed by atoms with E-state index in [0.717, 1.165) is 25.0 Å². The van der Waals surface area contributed by atoms with Crippen molar-refractivity contribution in [3.8, 4) is 0 Å². The molecule has 1 amide bonds. The Kier molecular flexibility index (Phi) is 4.37. The molecule has 3 nitrogen and oxygen atoms in total. The smallest absolute Gasteiger partial charge is 0.252 e. The largest absolute Gasteiger partial charge is 0.393 e. The van der Waals surface area contributed by atoms with Gasteiger partial charge < -0.3 is 10.4 Å². The van der Waals surface area contributed by atoms with Crippen LogP contribution >= 0.6 is 11.6 Å². The Bertz CT molecular complexity index is 496. The van der Waals surface area contributed by atoms with Gasteiger partial charge in [0.2, 0.25) is 0 Å². The Hall–Kier alpha value is -1.20. The highest BCUT2D eigenvalue weighted by atomic mass is 35.5. The first-order valence-corrected chi connectivity index (χ1v) is 6.46. The third kappa shape index (κ3) is 3.42. The lowest BCUT2D eigenvalue weighted by Gasteiger charge is -2.11. The lowest BCUT2D eigenvalue weighted by molar-refractivity contribution is 0.0944. The lowest BCUT2D eigenvalue weighted by Crippen LogP contribution is -2.29. The quantitative estimate of drug-likeness (QED) is 0.840.